The van der Waals surface area contributed by atoms with E-state index in [9.17, 15) is 4.79 Å². The van der Waals surface area contributed by atoms with Gasteiger partial charge >= 0.3 is 5.97 Å². The first kappa shape index (κ1) is 11.0. The maximum absolute atomic E-state index is 11.1. The molecule has 0 spiro atoms. The van der Waals surface area contributed by atoms with Crippen molar-refractivity contribution in [3.63, 3.8) is 0 Å². The average molecular weight is 214 g/mol. The van der Waals surface area contributed by atoms with E-state index < -0.39 is 11.5 Å². The molecule has 1 aromatic rings. The molecule has 0 aromatic heterocycles. The van der Waals surface area contributed by atoms with Crippen molar-refractivity contribution < 1.29 is 9.90 Å². The molecule has 0 radical (unpaired) electrons. The zero-order valence-electron chi connectivity index (χ0n) is 8.04. The van der Waals surface area contributed by atoms with E-state index in [2.05, 4.69) is 5.32 Å². The molecule has 1 aromatic carbocycles. The first-order valence-electron chi connectivity index (χ1n) is 4.19. The number of halogens is 1. The van der Waals surface area contributed by atoms with Gasteiger partial charge in [-0.15, -0.1) is 0 Å². The van der Waals surface area contributed by atoms with E-state index in [1.54, 1.807) is 38.2 Å². The van der Waals surface area contributed by atoms with Crippen LogP contribution in [0.15, 0.2) is 24.3 Å². The summed E-state index contributed by atoms with van der Waals surface area (Å²) in [6.45, 7) is 1.60. The van der Waals surface area contributed by atoms with E-state index in [0.29, 0.717) is 10.6 Å². The number of carboxylic acids is 1. The lowest BCUT2D eigenvalue weighted by Gasteiger charge is -2.24. The molecule has 0 saturated carbocycles. The molecule has 1 atom stereocenters. The first-order valence-corrected chi connectivity index (χ1v) is 4.57. The summed E-state index contributed by atoms with van der Waals surface area (Å²) in [5.74, 6) is -0.928. The lowest BCUT2D eigenvalue weighted by Crippen LogP contribution is -2.44. The van der Waals surface area contributed by atoms with Crippen molar-refractivity contribution in [2.45, 2.75) is 12.5 Å². The van der Waals surface area contributed by atoms with Gasteiger partial charge in [-0.05, 0) is 31.7 Å². The van der Waals surface area contributed by atoms with Gasteiger partial charge in [-0.1, -0.05) is 23.7 Å². The summed E-state index contributed by atoms with van der Waals surface area (Å²) in [7, 11) is 1.61. The second kappa shape index (κ2) is 3.98. The molecule has 1 rings (SSSR count). The Morgan fingerprint density at radius 2 is 2.21 bits per heavy atom. The van der Waals surface area contributed by atoms with E-state index in [1.807, 2.05) is 0 Å². The van der Waals surface area contributed by atoms with Crippen molar-refractivity contribution in [3.8, 4) is 0 Å². The lowest BCUT2D eigenvalue weighted by molar-refractivity contribution is -0.144. The third-order valence-corrected chi connectivity index (χ3v) is 2.56. The summed E-state index contributed by atoms with van der Waals surface area (Å²) in [6.07, 6.45) is 0. The summed E-state index contributed by atoms with van der Waals surface area (Å²) in [4.78, 5) is 11.1. The molecule has 3 nitrogen and oxygen atoms in total. The van der Waals surface area contributed by atoms with Crippen LogP contribution in [0.5, 0.6) is 0 Å². The Bertz CT molecular complexity index is 354. The molecule has 0 aliphatic rings. The fraction of sp³-hybridized carbons (Fsp3) is 0.300. The van der Waals surface area contributed by atoms with Crippen LogP contribution in [-0.2, 0) is 10.3 Å². The number of hydrogen-bond acceptors (Lipinski definition) is 2. The maximum Gasteiger partial charge on any atom is 0.328 e. The minimum atomic E-state index is -1.09. The van der Waals surface area contributed by atoms with Crippen LogP contribution in [0, 0.1) is 0 Å². The predicted molar refractivity (Wildman–Crippen MR) is 55.5 cm³/mol. The second-order valence-corrected chi connectivity index (χ2v) is 3.63. The third kappa shape index (κ3) is 1.89. The van der Waals surface area contributed by atoms with Crippen LogP contribution < -0.4 is 5.32 Å². The molecule has 0 aliphatic carbocycles. The standard InChI is InChI=1S/C10H12ClNO2/c1-10(12-2,9(13)14)7-4-3-5-8(11)6-7/h3-6,12H,1-2H3,(H,13,14). The minimum Gasteiger partial charge on any atom is -0.480 e. The molecule has 4 heteroatoms. The lowest BCUT2D eigenvalue weighted by atomic mass is 9.92. The average Bonchev–Trinajstić information content (AvgIpc) is 2.16. The van der Waals surface area contributed by atoms with Gasteiger partial charge in [0.05, 0.1) is 0 Å². The minimum absolute atomic E-state index is 0.533. The number of benzene rings is 1. The summed E-state index contributed by atoms with van der Waals surface area (Å²) < 4.78 is 0. The molecule has 0 aliphatic heterocycles. The Labute approximate surface area is 87.7 Å². The highest BCUT2D eigenvalue weighted by Gasteiger charge is 2.33. The molecule has 0 saturated heterocycles. The van der Waals surface area contributed by atoms with Gasteiger partial charge in [0, 0.05) is 5.02 Å². The van der Waals surface area contributed by atoms with Crippen molar-refractivity contribution >= 4 is 17.6 Å². The van der Waals surface area contributed by atoms with Gasteiger partial charge in [0.1, 0.15) is 5.54 Å². The van der Waals surface area contributed by atoms with Crippen LogP contribution in [0.1, 0.15) is 12.5 Å². The molecule has 14 heavy (non-hydrogen) atoms. The molecule has 0 bridgehead atoms. The zero-order valence-corrected chi connectivity index (χ0v) is 8.80. The van der Waals surface area contributed by atoms with Gasteiger partial charge in [0.2, 0.25) is 0 Å². The monoisotopic (exact) mass is 213 g/mol. The molecule has 76 valence electrons. The molecule has 0 heterocycles. The van der Waals surface area contributed by atoms with Crippen molar-refractivity contribution in [2.75, 3.05) is 7.05 Å². The number of hydrogen-bond donors (Lipinski definition) is 2. The van der Waals surface area contributed by atoms with Gasteiger partial charge in [0.25, 0.3) is 0 Å². The first-order chi connectivity index (χ1) is 6.50. The van der Waals surface area contributed by atoms with Crippen LogP contribution in [-0.4, -0.2) is 18.1 Å². The van der Waals surface area contributed by atoms with Crippen LogP contribution in [0.4, 0.5) is 0 Å². The van der Waals surface area contributed by atoms with Crippen molar-refractivity contribution in [1.82, 2.24) is 5.32 Å². The normalized spacial score (nSPS) is 14.8. The molecule has 0 fully saturated rings. The fourth-order valence-corrected chi connectivity index (χ4v) is 1.36. The second-order valence-electron chi connectivity index (χ2n) is 3.19. The van der Waals surface area contributed by atoms with Gasteiger partial charge in [-0.2, -0.15) is 0 Å². The zero-order chi connectivity index (χ0) is 10.8. The summed E-state index contributed by atoms with van der Waals surface area (Å²) >= 11 is 5.79. The SMILES string of the molecule is CNC(C)(C(=O)O)c1cccc(Cl)c1. The fourth-order valence-electron chi connectivity index (χ4n) is 1.17. The van der Waals surface area contributed by atoms with Crippen LogP contribution >= 0.6 is 11.6 Å². The maximum atomic E-state index is 11.1. The van der Waals surface area contributed by atoms with Crippen LogP contribution in [0.25, 0.3) is 0 Å². The Balaban J connectivity index is 3.19. The molecule has 2 N–H and O–H groups in total. The Kier molecular flexibility index (Phi) is 3.13. The van der Waals surface area contributed by atoms with Gasteiger partial charge in [-0.3, -0.25) is 0 Å². The Morgan fingerprint density at radius 1 is 1.57 bits per heavy atom. The topological polar surface area (TPSA) is 49.3 Å². The van der Waals surface area contributed by atoms with Gasteiger partial charge in [0.15, 0.2) is 0 Å². The number of carbonyl (C=O) groups is 1. The van der Waals surface area contributed by atoms with Gasteiger partial charge in [-0.25, -0.2) is 4.79 Å². The molecule has 0 amide bonds. The molecular weight excluding hydrogens is 202 g/mol. The highest BCUT2D eigenvalue weighted by Crippen LogP contribution is 2.23. The number of carboxylic acid groups (broad SMARTS) is 1. The van der Waals surface area contributed by atoms with Crippen LogP contribution in [0.3, 0.4) is 0 Å². The van der Waals surface area contributed by atoms with E-state index in [0.717, 1.165) is 0 Å². The largest absolute Gasteiger partial charge is 0.480 e. The summed E-state index contributed by atoms with van der Waals surface area (Å²) in [5.41, 5.74) is -0.453. The number of aliphatic carboxylic acids is 1. The predicted octanol–water partition coefficient (Wildman–Crippen LogP) is 1.86. The van der Waals surface area contributed by atoms with E-state index in [-0.39, 0.29) is 0 Å². The number of likely N-dealkylation sites (N-methyl/N-ethyl adjacent to an activating group) is 1. The third-order valence-electron chi connectivity index (χ3n) is 2.33. The van der Waals surface area contributed by atoms with Crippen molar-refractivity contribution in [3.05, 3.63) is 34.9 Å². The number of nitrogens with one attached hydrogen (secondary N) is 1. The highest BCUT2D eigenvalue weighted by atomic mass is 35.5. The Hall–Kier alpha value is -1.06. The highest BCUT2D eigenvalue weighted by molar-refractivity contribution is 6.30. The van der Waals surface area contributed by atoms with Crippen LogP contribution in [0.2, 0.25) is 5.02 Å². The van der Waals surface area contributed by atoms with E-state index >= 15 is 0 Å². The molecule has 1 unspecified atom stereocenters. The summed E-state index contributed by atoms with van der Waals surface area (Å²) in [6, 6.07) is 6.82. The molecular formula is C10H12ClNO2. The quantitative estimate of drug-likeness (QED) is 0.806. The number of rotatable bonds is 3. The van der Waals surface area contributed by atoms with E-state index in [4.69, 9.17) is 16.7 Å². The van der Waals surface area contributed by atoms with Gasteiger partial charge < -0.3 is 10.4 Å². The van der Waals surface area contributed by atoms with Crippen molar-refractivity contribution in [2.24, 2.45) is 0 Å². The smallest absolute Gasteiger partial charge is 0.328 e. The summed E-state index contributed by atoms with van der Waals surface area (Å²) in [5, 5.41) is 12.4. The van der Waals surface area contributed by atoms with E-state index in [1.165, 1.54) is 0 Å². The Morgan fingerprint density at radius 3 is 2.64 bits per heavy atom. The van der Waals surface area contributed by atoms with Crippen molar-refractivity contribution in [1.29, 1.82) is 0 Å².